The Kier molecular flexibility index (Phi) is 3.45. The molecule has 5 aliphatic rings. The third-order valence-corrected chi connectivity index (χ3v) is 8.28. The van der Waals surface area contributed by atoms with E-state index < -0.39 is 0 Å². The van der Waals surface area contributed by atoms with E-state index in [-0.39, 0.29) is 5.79 Å². The molecule has 124 valence electrons. The fraction of sp³-hybridized carbons (Fsp3) is 1.00. The number of hydrogen-bond donors (Lipinski definition) is 0. The normalized spacial score (nSPS) is 46.2. The zero-order valence-corrected chi connectivity index (χ0v) is 15.0. The Morgan fingerprint density at radius 1 is 1.00 bits per heavy atom. The maximum Gasteiger partial charge on any atom is 0.168 e. The number of halogens is 1. The number of rotatable bonds is 0. The van der Waals surface area contributed by atoms with Crippen LogP contribution in [-0.4, -0.2) is 47.9 Å². The molecule has 2 saturated carbocycles. The smallest absolute Gasteiger partial charge is 0.168 e. The number of ether oxygens (including phenoxy) is 2. The van der Waals surface area contributed by atoms with Gasteiger partial charge in [0.1, 0.15) is 0 Å². The van der Waals surface area contributed by atoms with Crippen LogP contribution in [0.4, 0.5) is 0 Å². The van der Waals surface area contributed by atoms with Crippen molar-refractivity contribution in [3.8, 4) is 0 Å². The summed E-state index contributed by atoms with van der Waals surface area (Å²) in [5, 5.41) is 0. The van der Waals surface area contributed by atoms with Crippen LogP contribution in [0.2, 0.25) is 0 Å². The Balaban J connectivity index is 1.41. The molecule has 0 aromatic rings. The van der Waals surface area contributed by atoms with Gasteiger partial charge in [-0.3, -0.25) is 4.90 Å². The summed E-state index contributed by atoms with van der Waals surface area (Å²) in [7, 11) is 0. The molecule has 5 rings (SSSR count). The highest BCUT2D eigenvalue weighted by Crippen LogP contribution is 2.60. The van der Waals surface area contributed by atoms with E-state index in [0.29, 0.717) is 5.41 Å². The van der Waals surface area contributed by atoms with Gasteiger partial charge in [0.25, 0.3) is 0 Å². The van der Waals surface area contributed by atoms with Gasteiger partial charge in [-0.1, -0.05) is 15.9 Å². The van der Waals surface area contributed by atoms with Crippen LogP contribution in [0.5, 0.6) is 0 Å². The number of fused-ring (bicyclic) bond motifs is 1. The van der Waals surface area contributed by atoms with Crippen LogP contribution in [0.15, 0.2) is 0 Å². The number of nitrogens with zero attached hydrogens (tertiary/aromatic N) is 1. The molecule has 3 nitrogen and oxygen atoms in total. The highest BCUT2D eigenvalue weighted by atomic mass is 79.9. The minimum atomic E-state index is -0.198. The van der Waals surface area contributed by atoms with Gasteiger partial charge in [0, 0.05) is 30.3 Å². The first-order valence-corrected chi connectivity index (χ1v) is 10.3. The molecular formula is C18H28BrNO2. The molecule has 2 aliphatic carbocycles. The number of piperidine rings is 1. The lowest BCUT2D eigenvalue weighted by atomic mass is 9.60. The topological polar surface area (TPSA) is 21.7 Å². The van der Waals surface area contributed by atoms with Gasteiger partial charge in [0.2, 0.25) is 0 Å². The minimum Gasteiger partial charge on any atom is -0.348 e. The molecule has 0 aromatic carbocycles. The predicted octanol–water partition coefficient (Wildman–Crippen LogP) is 3.56. The van der Waals surface area contributed by atoms with E-state index >= 15 is 0 Å². The third-order valence-electron chi connectivity index (χ3n) is 7.53. The van der Waals surface area contributed by atoms with E-state index in [1.54, 1.807) is 0 Å². The van der Waals surface area contributed by atoms with Gasteiger partial charge in [-0.15, -0.1) is 0 Å². The summed E-state index contributed by atoms with van der Waals surface area (Å²) in [6.45, 7) is 4.31. The Hall–Kier alpha value is 0.360. The molecule has 0 amide bonds. The van der Waals surface area contributed by atoms with Gasteiger partial charge in [0.05, 0.1) is 13.2 Å². The minimum absolute atomic E-state index is 0.198. The van der Waals surface area contributed by atoms with Crippen molar-refractivity contribution >= 4 is 15.9 Å². The molecule has 5 fully saturated rings. The van der Waals surface area contributed by atoms with Gasteiger partial charge in [-0.05, 0) is 62.3 Å². The van der Waals surface area contributed by atoms with E-state index in [1.807, 2.05) is 0 Å². The van der Waals surface area contributed by atoms with Crippen LogP contribution in [-0.2, 0) is 9.47 Å². The zero-order chi connectivity index (χ0) is 14.8. The number of hydrogen-bond acceptors (Lipinski definition) is 3. The summed E-state index contributed by atoms with van der Waals surface area (Å²) in [4.78, 5) is 3.63. The second-order valence-corrected chi connectivity index (χ2v) is 9.80. The molecule has 3 aliphatic heterocycles. The van der Waals surface area contributed by atoms with Gasteiger partial charge in [-0.2, -0.15) is 0 Å². The summed E-state index contributed by atoms with van der Waals surface area (Å²) in [6, 6.07) is 0.891. The van der Waals surface area contributed by atoms with Crippen molar-refractivity contribution in [2.24, 2.45) is 17.3 Å². The molecule has 0 radical (unpaired) electrons. The van der Waals surface area contributed by atoms with E-state index in [0.717, 1.165) is 48.8 Å². The van der Waals surface area contributed by atoms with Crippen molar-refractivity contribution in [3.05, 3.63) is 0 Å². The molecule has 4 heteroatoms. The van der Waals surface area contributed by atoms with Gasteiger partial charge in [-0.25, -0.2) is 0 Å². The zero-order valence-electron chi connectivity index (χ0n) is 13.4. The second kappa shape index (κ2) is 5.18. The molecule has 0 bridgehead atoms. The van der Waals surface area contributed by atoms with E-state index in [2.05, 4.69) is 20.8 Å². The van der Waals surface area contributed by atoms with Gasteiger partial charge in [0.15, 0.2) is 5.79 Å². The van der Waals surface area contributed by atoms with Crippen molar-refractivity contribution in [1.82, 2.24) is 4.90 Å². The quantitative estimate of drug-likeness (QED) is 0.609. The Morgan fingerprint density at radius 2 is 1.77 bits per heavy atom. The molecule has 0 aromatic heterocycles. The Labute approximate surface area is 142 Å². The first kappa shape index (κ1) is 14.7. The lowest BCUT2D eigenvalue weighted by molar-refractivity contribution is -0.194. The van der Waals surface area contributed by atoms with Gasteiger partial charge >= 0.3 is 0 Å². The lowest BCUT2D eigenvalue weighted by Crippen LogP contribution is -2.49. The van der Waals surface area contributed by atoms with E-state index in [1.165, 1.54) is 51.6 Å². The fourth-order valence-corrected chi connectivity index (χ4v) is 7.50. The van der Waals surface area contributed by atoms with Crippen LogP contribution in [0, 0.1) is 17.3 Å². The molecule has 22 heavy (non-hydrogen) atoms. The van der Waals surface area contributed by atoms with Crippen molar-refractivity contribution in [2.45, 2.75) is 68.0 Å². The monoisotopic (exact) mass is 369 g/mol. The first-order chi connectivity index (χ1) is 10.7. The van der Waals surface area contributed by atoms with Gasteiger partial charge < -0.3 is 9.47 Å². The van der Waals surface area contributed by atoms with E-state index in [4.69, 9.17) is 9.47 Å². The highest BCUT2D eigenvalue weighted by molar-refractivity contribution is 9.09. The maximum atomic E-state index is 5.98. The van der Waals surface area contributed by atoms with Crippen LogP contribution >= 0.6 is 15.9 Å². The molecule has 4 unspecified atom stereocenters. The molecule has 3 heterocycles. The Bertz CT molecular complexity index is 440. The Morgan fingerprint density at radius 3 is 2.55 bits per heavy atom. The lowest BCUT2D eigenvalue weighted by Gasteiger charge is -2.49. The summed E-state index contributed by atoms with van der Waals surface area (Å²) in [5.41, 5.74) is 0.556. The summed E-state index contributed by atoms with van der Waals surface area (Å²) < 4.78 is 12.0. The van der Waals surface area contributed by atoms with Crippen LogP contribution in [0.3, 0.4) is 0 Å². The average molecular weight is 370 g/mol. The third kappa shape index (κ3) is 2.09. The maximum absolute atomic E-state index is 5.98. The SMILES string of the molecule is BrC1CC2CCCN3CC4(CCC5(CC4)OCCO5)C(C1)C23. The summed E-state index contributed by atoms with van der Waals surface area (Å²) >= 11 is 3.99. The largest absolute Gasteiger partial charge is 0.348 e. The van der Waals surface area contributed by atoms with Crippen molar-refractivity contribution < 1.29 is 9.47 Å². The van der Waals surface area contributed by atoms with Crippen molar-refractivity contribution in [3.63, 3.8) is 0 Å². The summed E-state index contributed by atoms with van der Waals surface area (Å²) in [6.07, 6.45) is 10.6. The highest BCUT2D eigenvalue weighted by Gasteiger charge is 2.60. The van der Waals surface area contributed by atoms with E-state index in [9.17, 15) is 0 Å². The molecule has 3 saturated heterocycles. The first-order valence-electron chi connectivity index (χ1n) is 9.36. The van der Waals surface area contributed by atoms with Crippen molar-refractivity contribution in [2.75, 3.05) is 26.3 Å². The van der Waals surface area contributed by atoms with Crippen LogP contribution in [0.1, 0.15) is 51.4 Å². The fourth-order valence-electron chi connectivity index (χ4n) is 6.62. The second-order valence-electron chi connectivity index (χ2n) is 8.51. The van der Waals surface area contributed by atoms with Crippen molar-refractivity contribution in [1.29, 1.82) is 0 Å². The van der Waals surface area contributed by atoms with Crippen LogP contribution in [0.25, 0.3) is 0 Å². The standard InChI is InChI=1S/C18H28BrNO2/c19-14-10-13-2-1-7-20-12-17(15(11-14)16(13)20)3-5-18(6-4-17)21-8-9-22-18/h13-16H,1-12H2. The summed E-state index contributed by atoms with van der Waals surface area (Å²) in [5.74, 6) is 1.66. The molecule has 4 atom stereocenters. The molecule has 0 N–H and O–H groups in total. The molecule has 2 spiro atoms. The average Bonchev–Trinajstić information content (AvgIpc) is 3.08. The predicted molar refractivity (Wildman–Crippen MR) is 89.1 cm³/mol. The van der Waals surface area contributed by atoms with Crippen LogP contribution < -0.4 is 0 Å². The number of alkyl halides is 1. The molecular weight excluding hydrogens is 342 g/mol.